The number of fused-ring (bicyclic) bond motifs is 1. The molecule has 1 unspecified atom stereocenters. The topological polar surface area (TPSA) is 72.3 Å². The van der Waals surface area contributed by atoms with Crippen molar-refractivity contribution in [2.45, 2.75) is 32.5 Å². The highest BCUT2D eigenvalue weighted by atomic mass is 32.1. The third-order valence-electron chi connectivity index (χ3n) is 5.09. The van der Waals surface area contributed by atoms with Crippen LogP contribution in [0.5, 0.6) is 5.75 Å². The molecule has 0 bridgehead atoms. The molecular formula is C21H25N5O2S. The summed E-state index contributed by atoms with van der Waals surface area (Å²) < 4.78 is 6.99. The SMILES string of the molecule is COc1ccc(CNC(=O)C2CN(Cc3cnc(C)s3)Cc3cn(C)nc32)cc1. The monoisotopic (exact) mass is 411 g/mol. The molecule has 0 saturated heterocycles. The largest absolute Gasteiger partial charge is 0.497 e. The van der Waals surface area contributed by atoms with Gasteiger partial charge in [0.1, 0.15) is 5.75 Å². The Morgan fingerprint density at radius 1 is 1.34 bits per heavy atom. The van der Waals surface area contributed by atoms with Gasteiger partial charge in [0.05, 0.1) is 23.7 Å². The first-order valence-corrected chi connectivity index (χ1v) is 10.4. The van der Waals surface area contributed by atoms with Gasteiger partial charge in [0.2, 0.25) is 5.91 Å². The number of carbonyl (C=O) groups excluding carboxylic acids is 1. The van der Waals surface area contributed by atoms with E-state index >= 15 is 0 Å². The summed E-state index contributed by atoms with van der Waals surface area (Å²) >= 11 is 1.70. The van der Waals surface area contributed by atoms with Crippen LogP contribution in [0.4, 0.5) is 0 Å². The number of hydrogen-bond acceptors (Lipinski definition) is 6. The maximum absolute atomic E-state index is 13.0. The molecule has 1 aliphatic rings. The molecule has 3 aromatic rings. The fraction of sp³-hybridized carbons (Fsp3) is 0.381. The Labute approximate surface area is 174 Å². The Bertz CT molecular complexity index is 995. The lowest BCUT2D eigenvalue weighted by Gasteiger charge is -2.30. The fourth-order valence-corrected chi connectivity index (χ4v) is 4.54. The predicted molar refractivity (Wildman–Crippen MR) is 112 cm³/mol. The molecule has 29 heavy (non-hydrogen) atoms. The van der Waals surface area contributed by atoms with E-state index in [1.165, 1.54) is 4.88 Å². The lowest BCUT2D eigenvalue weighted by molar-refractivity contribution is -0.123. The summed E-state index contributed by atoms with van der Waals surface area (Å²) in [5.74, 6) is 0.526. The maximum atomic E-state index is 13.0. The van der Waals surface area contributed by atoms with Crippen molar-refractivity contribution < 1.29 is 9.53 Å². The number of aromatic nitrogens is 3. The molecule has 4 rings (SSSR count). The molecule has 1 aliphatic heterocycles. The van der Waals surface area contributed by atoms with Gasteiger partial charge in [0.15, 0.2) is 0 Å². The molecule has 7 nitrogen and oxygen atoms in total. The van der Waals surface area contributed by atoms with E-state index < -0.39 is 0 Å². The van der Waals surface area contributed by atoms with Crippen molar-refractivity contribution in [3.63, 3.8) is 0 Å². The fourth-order valence-electron chi connectivity index (χ4n) is 3.70. The molecular weight excluding hydrogens is 386 g/mol. The van der Waals surface area contributed by atoms with Gasteiger partial charge in [-0.2, -0.15) is 5.10 Å². The van der Waals surface area contributed by atoms with E-state index in [0.717, 1.165) is 40.7 Å². The van der Waals surface area contributed by atoms with Crippen LogP contribution in [0, 0.1) is 6.92 Å². The Morgan fingerprint density at radius 2 is 2.14 bits per heavy atom. The van der Waals surface area contributed by atoms with Gasteiger partial charge in [-0.1, -0.05) is 12.1 Å². The molecule has 1 atom stereocenters. The van der Waals surface area contributed by atoms with Gasteiger partial charge in [-0.3, -0.25) is 14.4 Å². The normalized spacial score (nSPS) is 16.4. The van der Waals surface area contributed by atoms with Crippen LogP contribution in [-0.2, 0) is 31.5 Å². The zero-order valence-corrected chi connectivity index (χ0v) is 17.7. The second-order valence-corrected chi connectivity index (χ2v) is 8.67. The third kappa shape index (κ3) is 4.49. The number of amides is 1. The van der Waals surface area contributed by atoms with Crippen molar-refractivity contribution in [2.75, 3.05) is 13.7 Å². The summed E-state index contributed by atoms with van der Waals surface area (Å²) in [4.78, 5) is 20.9. The number of thiazole rings is 1. The number of methoxy groups -OCH3 is 1. The number of ether oxygens (including phenoxy) is 1. The molecule has 0 fully saturated rings. The Morgan fingerprint density at radius 3 is 2.83 bits per heavy atom. The smallest absolute Gasteiger partial charge is 0.230 e. The number of aryl methyl sites for hydroxylation is 2. The average molecular weight is 412 g/mol. The van der Waals surface area contributed by atoms with Crippen LogP contribution >= 0.6 is 11.3 Å². The molecule has 152 valence electrons. The van der Waals surface area contributed by atoms with Gasteiger partial charge in [0, 0.05) is 56.1 Å². The van der Waals surface area contributed by atoms with Crippen molar-refractivity contribution in [2.24, 2.45) is 7.05 Å². The number of benzene rings is 1. The highest BCUT2D eigenvalue weighted by Gasteiger charge is 2.33. The standard InChI is InChI=1S/C21H25N5O2S/c1-14-22-9-18(29-14)12-26-11-16-10-25(2)24-20(16)19(13-26)21(27)23-8-15-4-6-17(28-3)7-5-15/h4-7,9-10,19H,8,11-13H2,1-3H3,(H,23,27). The first-order valence-electron chi connectivity index (χ1n) is 9.58. The van der Waals surface area contributed by atoms with Crippen LogP contribution in [0.15, 0.2) is 36.7 Å². The molecule has 0 spiro atoms. The molecule has 1 amide bonds. The van der Waals surface area contributed by atoms with Crippen molar-refractivity contribution in [1.82, 2.24) is 25.0 Å². The van der Waals surface area contributed by atoms with E-state index in [1.54, 1.807) is 23.1 Å². The van der Waals surface area contributed by atoms with E-state index in [0.29, 0.717) is 13.1 Å². The van der Waals surface area contributed by atoms with E-state index in [1.807, 2.05) is 50.6 Å². The summed E-state index contributed by atoms with van der Waals surface area (Å²) in [6.07, 6.45) is 3.95. The van der Waals surface area contributed by atoms with Crippen LogP contribution in [0.3, 0.4) is 0 Å². The second-order valence-electron chi connectivity index (χ2n) is 7.35. The van der Waals surface area contributed by atoms with Gasteiger partial charge >= 0.3 is 0 Å². The van der Waals surface area contributed by atoms with Gasteiger partial charge in [-0.25, -0.2) is 4.98 Å². The zero-order valence-electron chi connectivity index (χ0n) is 16.9. The van der Waals surface area contributed by atoms with Gasteiger partial charge in [-0.15, -0.1) is 11.3 Å². The van der Waals surface area contributed by atoms with Gasteiger partial charge in [0.25, 0.3) is 0 Å². The maximum Gasteiger partial charge on any atom is 0.230 e. The average Bonchev–Trinajstić information content (AvgIpc) is 3.30. The van der Waals surface area contributed by atoms with E-state index in [4.69, 9.17) is 4.74 Å². The molecule has 8 heteroatoms. The van der Waals surface area contributed by atoms with Gasteiger partial charge in [-0.05, 0) is 24.6 Å². The molecule has 0 aliphatic carbocycles. The third-order valence-corrected chi connectivity index (χ3v) is 5.99. The molecule has 2 aromatic heterocycles. The minimum atomic E-state index is -0.285. The summed E-state index contributed by atoms with van der Waals surface area (Å²) in [6.45, 7) is 4.73. The first-order chi connectivity index (χ1) is 14.0. The van der Waals surface area contributed by atoms with Crippen molar-refractivity contribution >= 4 is 17.2 Å². The number of carbonyl (C=O) groups is 1. The van der Waals surface area contributed by atoms with Gasteiger partial charge < -0.3 is 10.1 Å². The van der Waals surface area contributed by atoms with Crippen molar-refractivity contribution in [1.29, 1.82) is 0 Å². The highest BCUT2D eigenvalue weighted by Crippen LogP contribution is 2.29. The predicted octanol–water partition coefficient (Wildman–Crippen LogP) is 2.61. The summed E-state index contributed by atoms with van der Waals surface area (Å²) in [5, 5.41) is 8.72. The van der Waals surface area contributed by atoms with Crippen molar-refractivity contribution in [3.8, 4) is 5.75 Å². The Hall–Kier alpha value is -2.71. The first kappa shape index (κ1) is 19.6. The molecule has 3 heterocycles. The quantitative estimate of drug-likeness (QED) is 0.675. The summed E-state index contributed by atoms with van der Waals surface area (Å²) in [5.41, 5.74) is 3.04. The van der Waals surface area contributed by atoms with E-state index in [-0.39, 0.29) is 11.8 Å². The van der Waals surface area contributed by atoms with E-state index in [2.05, 4.69) is 20.3 Å². The minimum Gasteiger partial charge on any atom is -0.497 e. The zero-order chi connectivity index (χ0) is 20.4. The molecule has 0 saturated carbocycles. The van der Waals surface area contributed by atoms with Crippen LogP contribution in [-0.4, -0.2) is 39.2 Å². The molecule has 1 aromatic carbocycles. The number of nitrogens with one attached hydrogen (secondary N) is 1. The number of nitrogens with zero attached hydrogens (tertiary/aromatic N) is 4. The number of hydrogen-bond donors (Lipinski definition) is 1. The lowest BCUT2D eigenvalue weighted by Crippen LogP contribution is -2.40. The Balaban J connectivity index is 1.46. The van der Waals surface area contributed by atoms with Crippen LogP contribution in [0.25, 0.3) is 0 Å². The Kier molecular flexibility index (Phi) is 5.64. The summed E-state index contributed by atoms with van der Waals surface area (Å²) in [6, 6.07) is 7.73. The van der Waals surface area contributed by atoms with E-state index in [9.17, 15) is 4.79 Å². The second kappa shape index (κ2) is 8.34. The summed E-state index contributed by atoms with van der Waals surface area (Å²) in [7, 11) is 3.55. The lowest BCUT2D eigenvalue weighted by atomic mass is 9.95. The minimum absolute atomic E-state index is 0.00551. The van der Waals surface area contributed by atoms with Crippen LogP contribution in [0.2, 0.25) is 0 Å². The number of rotatable bonds is 6. The van der Waals surface area contributed by atoms with Crippen LogP contribution in [0.1, 0.15) is 32.6 Å². The van der Waals surface area contributed by atoms with Crippen molar-refractivity contribution in [3.05, 3.63) is 63.4 Å². The highest BCUT2D eigenvalue weighted by molar-refractivity contribution is 7.11. The molecule has 1 N–H and O–H groups in total. The molecule has 0 radical (unpaired) electrons. The van der Waals surface area contributed by atoms with Crippen LogP contribution < -0.4 is 10.1 Å².